The van der Waals surface area contributed by atoms with Crippen molar-refractivity contribution in [2.75, 3.05) is 13.1 Å². The minimum Gasteiger partial charge on any atom is -0.481 e. The summed E-state index contributed by atoms with van der Waals surface area (Å²) in [5.41, 5.74) is 5.11. The molecule has 1 fully saturated rings. The van der Waals surface area contributed by atoms with E-state index < -0.39 is 17.4 Å². The molecular formula is C14H26N2O3. The number of amides is 1. The zero-order valence-electron chi connectivity index (χ0n) is 12.2. The van der Waals surface area contributed by atoms with Crippen LogP contribution >= 0.6 is 0 Å². The molecule has 0 aliphatic carbocycles. The largest absolute Gasteiger partial charge is 0.481 e. The van der Waals surface area contributed by atoms with Gasteiger partial charge < -0.3 is 15.7 Å². The Morgan fingerprint density at radius 1 is 1.42 bits per heavy atom. The van der Waals surface area contributed by atoms with Crippen LogP contribution in [0.1, 0.15) is 46.5 Å². The molecular weight excluding hydrogens is 244 g/mol. The van der Waals surface area contributed by atoms with Crippen molar-refractivity contribution in [2.45, 2.75) is 52.5 Å². The van der Waals surface area contributed by atoms with E-state index in [1.807, 2.05) is 20.8 Å². The zero-order valence-corrected chi connectivity index (χ0v) is 12.2. The Hall–Kier alpha value is -1.10. The van der Waals surface area contributed by atoms with Crippen molar-refractivity contribution in [1.29, 1.82) is 0 Å². The van der Waals surface area contributed by atoms with E-state index in [9.17, 15) is 14.7 Å². The second-order valence-corrected chi connectivity index (χ2v) is 5.97. The fourth-order valence-corrected chi connectivity index (χ4v) is 2.78. The van der Waals surface area contributed by atoms with Gasteiger partial charge in [-0.05, 0) is 25.2 Å². The third kappa shape index (κ3) is 3.47. The number of nitrogens with zero attached hydrogens (tertiary/aromatic N) is 1. The Labute approximate surface area is 115 Å². The van der Waals surface area contributed by atoms with Gasteiger partial charge in [-0.25, -0.2) is 0 Å². The first-order valence-electron chi connectivity index (χ1n) is 7.12. The summed E-state index contributed by atoms with van der Waals surface area (Å²) in [5, 5.41) is 9.50. The van der Waals surface area contributed by atoms with Crippen LogP contribution in [0.5, 0.6) is 0 Å². The van der Waals surface area contributed by atoms with Gasteiger partial charge in [0.25, 0.3) is 0 Å². The maximum absolute atomic E-state index is 12.3. The summed E-state index contributed by atoms with van der Waals surface area (Å²) < 4.78 is 0. The summed E-state index contributed by atoms with van der Waals surface area (Å²) in [5.74, 6) is -0.832. The summed E-state index contributed by atoms with van der Waals surface area (Å²) in [7, 11) is 0. The Balaban J connectivity index is 2.83. The molecule has 2 unspecified atom stereocenters. The lowest BCUT2D eigenvalue weighted by Gasteiger charge is -2.41. The highest BCUT2D eigenvalue weighted by Gasteiger charge is 2.43. The van der Waals surface area contributed by atoms with Crippen molar-refractivity contribution in [3.05, 3.63) is 0 Å². The number of hydrogen-bond donors (Lipinski definition) is 2. The van der Waals surface area contributed by atoms with Gasteiger partial charge in [0.2, 0.25) is 5.91 Å². The highest BCUT2D eigenvalue weighted by Crippen LogP contribution is 2.35. The molecule has 0 spiro atoms. The van der Waals surface area contributed by atoms with Crippen molar-refractivity contribution in [3.63, 3.8) is 0 Å². The molecule has 19 heavy (non-hydrogen) atoms. The Bertz CT molecular complexity index is 340. The molecule has 0 saturated carbocycles. The van der Waals surface area contributed by atoms with E-state index >= 15 is 0 Å². The van der Waals surface area contributed by atoms with E-state index in [4.69, 9.17) is 5.73 Å². The fraction of sp³-hybridized carbons (Fsp3) is 0.857. The van der Waals surface area contributed by atoms with Gasteiger partial charge in [-0.15, -0.1) is 0 Å². The maximum atomic E-state index is 12.3. The Morgan fingerprint density at radius 2 is 2.05 bits per heavy atom. The normalized spacial score (nSPS) is 25.4. The lowest BCUT2D eigenvalue weighted by Crippen LogP contribution is -2.54. The topological polar surface area (TPSA) is 83.6 Å². The number of hydrogen-bond acceptors (Lipinski definition) is 3. The van der Waals surface area contributed by atoms with Crippen LogP contribution in [-0.2, 0) is 9.59 Å². The van der Waals surface area contributed by atoms with Crippen LogP contribution in [0.15, 0.2) is 0 Å². The second kappa shape index (κ2) is 6.37. The summed E-state index contributed by atoms with van der Waals surface area (Å²) >= 11 is 0. The van der Waals surface area contributed by atoms with E-state index in [0.29, 0.717) is 25.9 Å². The standard InChI is InChI=1S/C14H26N2O3/c1-4-6-14(13(18)19)7-5-8-16(9-14)12(17)11(15)10(2)3/h10-11H,4-9,15H2,1-3H3,(H,18,19). The lowest BCUT2D eigenvalue weighted by molar-refractivity contribution is -0.156. The molecule has 0 bridgehead atoms. The average molecular weight is 270 g/mol. The van der Waals surface area contributed by atoms with Crippen molar-refractivity contribution >= 4 is 11.9 Å². The van der Waals surface area contributed by atoms with Crippen LogP contribution in [-0.4, -0.2) is 41.0 Å². The number of aliphatic carboxylic acids is 1. The van der Waals surface area contributed by atoms with Gasteiger partial charge in [-0.3, -0.25) is 9.59 Å². The van der Waals surface area contributed by atoms with E-state index in [1.165, 1.54) is 0 Å². The first-order valence-corrected chi connectivity index (χ1v) is 7.12. The quantitative estimate of drug-likeness (QED) is 0.792. The first kappa shape index (κ1) is 16.0. The molecule has 0 aromatic heterocycles. The molecule has 0 aromatic rings. The van der Waals surface area contributed by atoms with Gasteiger partial charge in [-0.2, -0.15) is 0 Å². The molecule has 1 saturated heterocycles. The fourth-order valence-electron chi connectivity index (χ4n) is 2.78. The minimum atomic E-state index is -0.787. The van der Waals surface area contributed by atoms with Crippen LogP contribution in [0.3, 0.4) is 0 Å². The molecule has 2 atom stereocenters. The molecule has 0 radical (unpaired) electrons. The number of nitrogens with two attached hydrogens (primary N) is 1. The lowest BCUT2D eigenvalue weighted by atomic mass is 9.76. The molecule has 0 aromatic carbocycles. The molecule has 1 aliphatic heterocycles. The monoisotopic (exact) mass is 270 g/mol. The van der Waals surface area contributed by atoms with E-state index in [0.717, 1.165) is 12.8 Å². The molecule has 1 rings (SSSR count). The van der Waals surface area contributed by atoms with Crippen LogP contribution in [0.25, 0.3) is 0 Å². The molecule has 5 heteroatoms. The van der Waals surface area contributed by atoms with E-state index in [2.05, 4.69) is 0 Å². The van der Waals surface area contributed by atoms with Gasteiger partial charge in [0.05, 0.1) is 11.5 Å². The molecule has 3 N–H and O–H groups in total. The van der Waals surface area contributed by atoms with Crippen LogP contribution in [0.2, 0.25) is 0 Å². The third-order valence-corrected chi connectivity index (χ3v) is 4.07. The molecule has 1 aliphatic rings. The Kier molecular flexibility index (Phi) is 5.35. The van der Waals surface area contributed by atoms with Crippen molar-refractivity contribution in [1.82, 2.24) is 4.90 Å². The van der Waals surface area contributed by atoms with Gasteiger partial charge in [0.15, 0.2) is 0 Å². The highest BCUT2D eigenvalue weighted by atomic mass is 16.4. The number of likely N-dealkylation sites (tertiary alicyclic amines) is 1. The Morgan fingerprint density at radius 3 is 2.53 bits per heavy atom. The summed E-state index contributed by atoms with van der Waals surface area (Å²) in [6.45, 7) is 6.71. The third-order valence-electron chi connectivity index (χ3n) is 4.07. The number of carboxylic acids is 1. The number of piperidine rings is 1. The molecule has 1 heterocycles. The molecule has 110 valence electrons. The van der Waals surface area contributed by atoms with Gasteiger partial charge in [0.1, 0.15) is 0 Å². The van der Waals surface area contributed by atoms with Crippen molar-refractivity contribution < 1.29 is 14.7 Å². The van der Waals surface area contributed by atoms with Crippen molar-refractivity contribution in [2.24, 2.45) is 17.1 Å². The predicted molar refractivity (Wildman–Crippen MR) is 73.6 cm³/mol. The van der Waals surface area contributed by atoms with Crippen molar-refractivity contribution in [3.8, 4) is 0 Å². The van der Waals surface area contributed by atoms with Gasteiger partial charge >= 0.3 is 5.97 Å². The summed E-state index contributed by atoms with van der Waals surface area (Å²) in [6, 6.07) is -0.536. The number of carbonyl (C=O) groups is 2. The average Bonchev–Trinajstić information content (AvgIpc) is 2.37. The molecule has 1 amide bonds. The first-order chi connectivity index (χ1) is 8.84. The van der Waals surface area contributed by atoms with Crippen LogP contribution in [0, 0.1) is 11.3 Å². The second-order valence-electron chi connectivity index (χ2n) is 5.97. The van der Waals surface area contributed by atoms with E-state index in [-0.39, 0.29) is 11.8 Å². The highest BCUT2D eigenvalue weighted by molar-refractivity contribution is 5.83. The van der Waals surface area contributed by atoms with Gasteiger partial charge in [0, 0.05) is 13.1 Å². The number of carbonyl (C=O) groups excluding carboxylic acids is 1. The SMILES string of the molecule is CCCC1(C(=O)O)CCCN(C(=O)C(N)C(C)C)C1. The predicted octanol–water partition coefficient (Wildman–Crippen LogP) is 1.46. The van der Waals surface area contributed by atoms with Crippen LogP contribution in [0.4, 0.5) is 0 Å². The minimum absolute atomic E-state index is 0.0693. The number of rotatable bonds is 5. The molecule has 5 nitrogen and oxygen atoms in total. The maximum Gasteiger partial charge on any atom is 0.311 e. The summed E-state index contributed by atoms with van der Waals surface area (Å²) in [4.78, 5) is 25.5. The van der Waals surface area contributed by atoms with E-state index in [1.54, 1.807) is 4.90 Å². The number of carboxylic acid groups (broad SMARTS) is 1. The zero-order chi connectivity index (χ0) is 14.6. The van der Waals surface area contributed by atoms with Gasteiger partial charge in [-0.1, -0.05) is 27.2 Å². The smallest absolute Gasteiger partial charge is 0.311 e. The summed E-state index contributed by atoms with van der Waals surface area (Å²) in [6.07, 6.45) is 2.81. The van der Waals surface area contributed by atoms with Crippen LogP contribution < -0.4 is 5.73 Å².